The fourth-order valence-electron chi connectivity index (χ4n) is 5.07. The van der Waals surface area contributed by atoms with Gasteiger partial charge in [0.2, 0.25) is 0 Å². The van der Waals surface area contributed by atoms with Crippen molar-refractivity contribution in [2.24, 2.45) is 0 Å². The maximum absolute atomic E-state index is 13.3. The Hall–Kier alpha value is -4.29. The summed E-state index contributed by atoms with van der Waals surface area (Å²) in [5.74, 6) is -0.782. The van der Waals surface area contributed by atoms with Crippen molar-refractivity contribution in [3.8, 4) is 0 Å². The van der Waals surface area contributed by atoms with Gasteiger partial charge in [0.05, 0.1) is 26.7 Å². The number of non-ortho nitro benzene ring substituents is 1. The number of piperazine rings is 1. The summed E-state index contributed by atoms with van der Waals surface area (Å²) in [5.41, 5.74) is 4.09. The molecular formula is C28H29N5O6S. The van der Waals surface area contributed by atoms with E-state index in [2.05, 4.69) is 15.2 Å². The highest BCUT2D eigenvalue weighted by Gasteiger charge is 2.29. The molecule has 0 saturated carbocycles. The first kappa shape index (κ1) is 27.3. The molecule has 208 valence electrons. The zero-order valence-electron chi connectivity index (χ0n) is 22.4. The van der Waals surface area contributed by atoms with Crippen molar-refractivity contribution in [2.75, 3.05) is 38.5 Å². The van der Waals surface area contributed by atoms with Crippen LogP contribution in [0.2, 0.25) is 0 Å². The number of sulfone groups is 1. The number of likely N-dealkylation sites (N-methyl/N-ethyl adjacent to an activating group) is 1. The van der Waals surface area contributed by atoms with Gasteiger partial charge < -0.3 is 20.1 Å². The third kappa shape index (κ3) is 5.15. The van der Waals surface area contributed by atoms with Gasteiger partial charge in [-0.05, 0) is 56.3 Å². The van der Waals surface area contributed by atoms with Gasteiger partial charge in [-0.2, -0.15) is 0 Å². The molecule has 1 fully saturated rings. The number of rotatable bonds is 6. The number of aryl methyl sites for hydroxylation is 1. The second kappa shape index (κ2) is 10.4. The normalized spacial score (nSPS) is 16.7. The van der Waals surface area contributed by atoms with Gasteiger partial charge in [0.15, 0.2) is 9.84 Å². The lowest BCUT2D eigenvalue weighted by molar-refractivity contribution is -0.384. The van der Waals surface area contributed by atoms with Crippen LogP contribution in [0.1, 0.15) is 38.4 Å². The van der Waals surface area contributed by atoms with Gasteiger partial charge >= 0.3 is 0 Å². The fourth-order valence-corrected chi connectivity index (χ4v) is 6.44. The minimum Gasteiger partial charge on any atom is -0.358 e. The summed E-state index contributed by atoms with van der Waals surface area (Å²) in [6.45, 7) is 6.54. The second-order valence-corrected chi connectivity index (χ2v) is 12.2. The number of aromatic amines is 1. The molecule has 0 bridgehead atoms. The van der Waals surface area contributed by atoms with Crippen LogP contribution in [0.4, 0.5) is 11.4 Å². The largest absolute Gasteiger partial charge is 0.358 e. The van der Waals surface area contributed by atoms with Crippen molar-refractivity contribution in [1.82, 2.24) is 14.8 Å². The number of anilines is 1. The average molecular weight is 564 g/mol. The van der Waals surface area contributed by atoms with E-state index in [0.29, 0.717) is 46.9 Å². The first-order chi connectivity index (χ1) is 18.9. The molecule has 0 unspecified atom stereocenters. The van der Waals surface area contributed by atoms with Crippen LogP contribution >= 0.6 is 0 Å². The van der Waals surface area contributed by atoms with Gasteiger partial charge in [0, 0.05) is 61.0 Å². The minimum absolute atomic E-state index is 0.0253. The Bertz CT molecular complexity index is 1670. The van der Waals surface area contributed by atoms with Gasteiger partial charge in [-0.25, -0.2) is 8.42 Å². The third-order valence-electron chi connectivity index (χ3n) is 7.41. The van der Waals surface area contributed by atoms with Crippen LogP contribution in [-0.2, 0) is 20.4 Å². The number of fused-ring (bicyclic) bond motifs is 1. The summed E-state index contributed by atoms with van der Waals surface area (Å²) < 4.78 is 26.4. The number of carbonyl (C=O) groups is 2. The molecule has 2 amide bonds. The molecule has 40 heavy (non-hydrogen) atoms. The predicted molar refractivity (Wildman–Crippen MR) is 151 cm³/mol. The molecule has 0 spiro atoms. The maximum atomic E-state index is 13.3. The van der Waals surface area contributed by atoms with Crippen LogP contribution in [0.15, 0.2) is 47.4 Å². The first-order valence-corrected chi connectivity index (χ1v) is 14.4. The van der Waals surface area contributed by atoms with Crippen LogP contribution in [0, 0.1) is 24.0 Å². The zero-order valence-corrected chi connectivity index (χ0v) is 23.2. The molecule has 3 heterocycles. The Balaban J connectivity index is 1.44. The number of hydrogen-bond acceptors (Lipinski definition) is 7. The van der Waals surface area contributed by atoms with Gasteiger partial charge in [0.25, 0.3) is 17.5 Å². The van der Waals surface area contributed by atoms with Gasteiger partial charge in [0.1, 0.15) is 0 Å². The Kier molecular flexibility index (Phi) is 7.06. The Morgan fingerprint density at radius 2 is 1.75 bits per heavy atom. The van der Waals surface area contributed by atoms with E-state index in [1.54, 1.807) is 12.1 Å². The van der Waals surface area contributed by atoms with Crippen LogP contribution in [0.3, 0.4) is 0 Å². The van der Waals surface area contributed by atoms with Gasteiger partial charge in [-0.1, -0.05) is 12.1 Å². The number of nitrogens with one attached hydrogen (secondary N) is 2. The summed E-state index contributed by atoms with van der Waals surface area (Å²) in [6.07, 6.45) is 1.65. The predicted octanol–water partition coefficient (Wildman–Crippen LogP) is 3.39. The number of hydrogen-bond donors (Lipinski definition) is 2. The summed E-state index contributed by atoms with van der Waals surface area (Å²) in [5, 5.41) is 13.7. The molecule has 0 aliphatic carbocycles. The quantitative estimate of drug-likeness (QED) is 0.266. The number of amides is 2. The summed E-state index contributed by atoms with van der Waals surface area (Å²) in [4.78, 5) is 43.8. The van der Waals surface area contributed by atoms with Crippen molar-refractivity contribution in [1.29, 1.82) is 0 Å². The summed E-state index contributed by atoms with van der Waals surface area (Å²) in [6, 6.07) is 9.79. The molecule has 2 aromatic carbocycles. The molecular weight excluding hydrogens is 534 g/mol. The minimum atomic E-state index is -3.82. The van der Waals surface area contributed by atoms with Crippen LogP contribution in [0.5, 0.6) is 0 Å². The van der Waals surface area contributed by atoms with E-state index < -0.39 is 14.8 Å². The van der Waals surface area contributed by atoms with E-state index >= 15 is 0 Å². The van der Waals surface area contributed by atoms with Crippen molar-refractivity contribution in [3.63, 3.8) is 0 Å². The van der Waals surface area contributed by atoms with E-state index in [1.807, 2.05) is 25.8 Å². The van der Waals surface area contributed by atoms with E-state index in [4.69, 9.17) is 0 Å². The molecule has 2 N–H and O–H groups in total. The summed E-state index contributed by atoms with van der Waals surface area (Å²) >= 11 is 0. The molecule has 11 nitrogen and oxygen atoms in total. The standard InChI is InChI=1S/C28H29N5O6S/c1-17-25(29-18(2)26(17)28(35)32-12-10-31(3)11-13-32)15-23-22-14-21(8-9-24(22)30-27(23)34)40(38,39)16-19-4-6-20(7-5-19)33(36)37/h4-9,14-15,29H,10-13,16H2,1-3H3,(H,30,34). The lowest BCUT2D eigenvalue weighted by Crippen LogP contribution is -2.47. The van der Waals surface area contributed by atoms with Crippen LogP contribution in [0.25, 0.3) is 11.6 Å². The number of carbonyl (C=O) groups excluding carboxylic acids is 2. The van der Waals surface area contributed by atoms with E-state index in [0.717, 1.165) is 18.7 Å². The first-order valence-electron chi connectivity index (χ1n) is 12.7. The Morgan fingerprint density at radius 3 is 2.40 bits per heavy atom. The smallest absolute Gasteiger partial charge is 0.269 e. The SMILES string of the molecule is Cc1[nH]c(C=C2C(=O)Nc3ccc(S(=O)(=O)Cc4ccc([N+](=O)[O-])cc4)cc32)c(C)c1C(=O)N1CCN(C)CC1. The van der Waals surface area contributed by atoms with E-state index in [-0.39, 0.29) is 33.7 Å². The second-order valence-electron chi connectivity index (χ2n) is 10.2. The lowest BCUT2D eigenvalue weighted by Gasteiger charge is -2.32. The molecule has 12 heteroatoms. The number of benzene rings is 2. The van der Waals surface area contributed by atoms with Crippen molar-refractivity contribution < 1.29 is 22.9 Å². The van der Waals surface area contributed by atoms with Crippen LogP contribution in [-0.4, -0.2) is 73.2 Å². The number of nitro groups is 1. The van der Waals surface area contributed by atoms with Crippen molar-refractivity contribution >= 4 is 44.7 Å². The number of aromatic nitrogens is 1. The number of H-pyrrole nitrogens is 1. The molecule has 5 rings (SSSR count). The fraction of sp³-hybridized carbons (Fsp3) is 0.286. The highest BCUT2D eigenvalue weighted by atomic mass is 32.2. The topological polar surface area (TPSA) is 146 Å². The Morgan fingerprint density at radius 1 is 1.07 bits per heavy atom. The number of nitrogens with zero attached hydrogens (tertiary/aromatic N) is 3. The average Bonchev–Trinajstić information content (AvgIpc) is 3.37. The molecule has 2 aliphatic heterocycles. The van der Waals surface area contributed by atoms with Crippen LogP contribution < -0.4 is 5.32 Å². The Labute approximate surface area is 231 Å². The van der Waals surface area contributed by atoms with Gasteiger partial charge in [-0.3, -0.25) is 19.7 Å². The molecule has 0 radical (unpaired) electrons. The highest BCUT2D eigenvalue weighted by molar-refractivity contribution is 7.90. The molecule has 2 aliphatic rings. The zero-order chi connectivity index (χ0) is 28.8. The molecule has 1 aromatic heterocycles. The van der Waals surface area contributed by atoms with Crippen molar-refractivity contribution in [2.45, 2.75) is 24.5 Å². The summed E-state index contributed by atoms with van der Waals surface area (Å²) in [7, 11) is -1.79. The van der Waals surface area contributed by atoms with Crippen molar-refractivity contribution in [3.05, 3.63) is 86.2 Å². The van der Waals surface area contributed by atoms with E-state index in [1.165, 1.54) is 36.4 Å². The maximum Gasteiger partial charge on any atom is 0.269 e. The lowest BCUT2D eigenvalue weighted by atomic mass is 10.0. The monoisotopic (exact) mass is 563 g/mol. The molecule has 3 aromatic rings. The molecule has 1 saturated heterocycles. The van der Waals surface area contributed by atoms with E-state index in [9.17, 15) is 28.1 Å². The highest BCUT2D eigenvalue weighted by Crippen LogP contribution is 2.36. The molecule has 0 atom stereocenters. The van der Waals surface area contributed by atoms with Gasteiger partial charge in [-0.15, -0.1) is 0 Å². The third-order valence-corrected chi connectivity index (χ3v) is 9.09. The number of nitro benzene ring substituents is 1.